The van der Waals surface area contributed by atoms with E-state index in [0.29, 0.717) is 29.7 Å². The quantitative estimate of drug-likeness (QED) is 0.414. The number of aromatic nitrogens is 2. The molecule has 0 fully saturated rings. The van der Waals surface area contributed by atoms with Crippen molar-refractivity contribution < 1.29 is 23.8 Å². The van der Waals surface area contributed by atoms with E-state index in [1.165, 1.54) is 26.5 Å². The van der Waals surface area contributed by atoms with Crippen LogP contribution in [0, 0.1) is 0 Å². The molecule has 31 heavy (non-hydrogen) atoms. The van der Waals surface area contributed by atoms with Crippen molar-refractivity contribution in [1.82, 2.24) is 10.2 Å². The lowest BCUT2D eigenvalue weighted by Gasteiger charge is -2.24. The van der Waals surface area contributed by atoms with E-state index in [1.54, 1.807) is 17.9 Å². The van der Waals surface area contributed by atoms with Crippen LogP contribution < -0.4 is 26.3 Å². The van der Waals surface area contributed by atoms with E-state index in [1.807, 2.05) is 0 Å². The first-order chi connectivity index (χ1) is 14.9. The number of carbonyl (C=O) groups excluding carboxylic acids is 1. The number of nitrogens with one attached hydrogen (secondary N) is 1. The Labute approximate surface area is 182 Å². The van der Waals surface area contributed by atoms with Crippen LogP contribution in [0.15, 0.2) is 32.5 Å². The molecule has 0 bridgehead atoms. The zero-order valence-corrected chi connectivity index (χ0v) is 18.1. The molecule has 4 N–H and O–H groups in total. The van der Waals surface area contributed by atoms with E-state index in [4.69, 9.17) is 19.6 Å². The van der Waals surface area contributed by atoms with Gasteiger partial charge in [-0.1, -0.05) is 11.3 Å². The molecule has 0 saturated carbocycles. The van der Waals surface area contributed by atoms with Gasteiger partial charge >= 0.3 is 5.63 Å². The molecule has 0 spiro atoms. The molecule has 168 valence electrons. The summed E-state index contributed by atoms with van der Waals surface area (Å²) in [5.41, 5.74) is 5.38. The third kappa shape index (κ3) is 6.60. The Morgan fingerprint density at radius 2 is 2.19 bits per heavy atom. The summed E-state index contributed by atoms with van der Waals surface area (Å²) in [4.78, 5) is 30.8. The Balaban J connectivity index is 2.30. The summed E-state index contributed by atoms with van der Waals surface area (Å²) in [6, 6.07) is 1.36. The number of amides is 1. The van der Waals surface area contributed by atoms with Crippen LogP contribution in [0.5, 0.6) is 5.75 Å². The SMILES string of the molecule is COCCN(CCO)c1cc(C(=O)Nc2nnc(/N=C(C)/C=C\N)s2)oc(=O)c1OC. The molecule has 1 amide bonds. The maximum Gasteiger partial charge on any atom is 0.381 e. The predicted molar refractivity (Wildman–Crippen MR) is 117 cm³/mol. The van der Waals surface area contributed by atoms with E-state index in [9.17, 15) is 14.7 Å². The van der Waals surface area contributed by atoms with Gasteiger partial charge in [-0.05, 0) is 19.2 Å². The van der Waals surface area contributed by atoms with Gasteiger partial charge in [0.1, 0.15) is 0 Å². The lowest BCUT2D eigenvalue weighted by Crippen LogP contribution is -2.32. The van der Waals surface area contributed by atoms with E-state index in [0.717, 1.165) is 11.3 Å². The Kier molecular flexibility index (Phi) is 9.12. The summed E-state index contributed by atoms with van der Waals surface area (Å²) in [6.45, 7) is 2.43. The van der Waals surface area contributed by atoms with Crippen molar-refractivity contribution >= 4 is 38.9 Å². The third-order valence-corrected chi connectivity index (χ3v) is 4.57. The minimum Gasteiger partial charge on any atom is -0.488 e. The summed E-state index contributed by atoms with van der Waals surface area (Å²) in [5.74, 6) is -1.05. The van der Waals surface area contributed by atoms with Gasteiger partial charge in [-0.2, -0.15) is 0 Å². The standard InChI is InChI=1S/C18H24N6O6S/c1-11(4-5-19)20-17-22-23-18(31-17)21-15(26)13-10-12(14(29-3)16(27)30-13)24(6-8-25)7-9-28-2/h4-5,10,25H,6-9,19H2,1-3H3,(H,21,23,26)/b5-4-,20-11+. The highest BCUT2D eigenvalue weighted by molar-refractivity contribution is 7.18. The number of aliphatic hydroxyl groups excluding tert-OH is 1. The number of hydrogen-bond donors (Lipinski definition) is 3. The smallest absolute Gasteiger partial charge is 0.381 e. The van der Waals surface area contributed by atoms with Crippen LogP contribution in [0.2, 0.25) is 0 Å². The zero-order chi connectivity index (χ0) is 22.8. The van der Waals surface area contributed by atoms with Gasteiger partial charge in [-0.3, -0.25) is 10.1 Å². The number of allylic oxidation sites excluding steroid dienone is 1. The highest BCUT2D eigenvalue weighted by atomic mass is 32.1. The lowest BCUT2D eigenvalue weighted by molar-refractivity contribution is 0.0991. The van der Waals surface area contributed by atoms with Crippen molar-refractivity contribution in [2.75, 3.05) is 50.7 Å². The average Bonchev–Trinajstić information content (AvgIpc) is 3.17. The number of rotatable bonds is 11. The van der Waals surface area contributed by atoms with Crippen LogP contribution >= 0.6 is 11.3 Å². The predicted octanol–water partition coefficient (Wildman–Crippen LogP) is 0.762. The molecule has 0 radical (unpaired) electrons. The van der Waals surface area contributed by atoms with Gasteiger partial charge in [-0.25, -0.2) is 9.79 Å². The molecule has 0 saturated heterocycles. The monoisotopic (exact) mass is 452 g/mol. The molecule has 2 rings (SSSR count). The normalized spacial score (nSPS) is 11.7. The summed E-state index contributed by atoms with van der Waals surface area (Å²) in [5, 5.41) is 20.1. The van der Waals surface area contributed by atoms with Crippen LogP contribution in [0.25, 0.3) is 0 Å². The van der Waals surface area contributed by atoms with Crippen LogP contribution in [0.4, 0.5) is 16.0 Å². The number of anilines is 2. The van der Waals surface area contributed by atoms with Crippen molar-refractivity contribution in [2.24, 2.45) is 10.7 Å². The molecule has 2 heterocycles. The molecular formula is C18H24N6O6S. The number of hydrogen-bond acceptors (Lipinski definition) is 12. The van der Waals surface area contributed by atoms with Crippen molar-refractivity contribution in [3.8, 4) is 5.75 Å². The van der Waals surface area contributed by atoms with Crippen LogP contribution in [-0.4, -0.2) is 67.4 Å². The maximum atomic E-state index is 12.6. The van der Waals surface area contributed by atoms with Gasteiger partial charge in [0.15, 0.2) is 5.76 Å². The molecule has 0 aliphatic carbocycles. The highest BCUT2D eigenvalue weighted by Gasteiger charge is 2.22. The first kappa shape index (κ1) is 24.0. The van der Waals surface area contributed by atoms with Crippen LogP contribution in [0.3, 0.4) is 0 Å². The molecule has 2 aromatic rings. The largest absolute Gasteiger partial charge is 0.488 e. The second-order valence-corrected chi connectivity index (χ2v) is 6.93. The number of nitrogens with zero attached hydrogens (tertiary/aromatic N) is 4. The Morgan fingerprint density at radius 3 is 2.84 bits per heavy atom. The fourth-order valence-electron chi connectivity index (χ4n) is 2.48. The van der Waals surface area contributed by atoms with Crippen molar-refractivity contribution in [3.05, 3.63) is 34.5 Å². The number of methoxy groups -OCH3 is 2. The van der Waals surface area contributed by atoms with Gasteiger partial charge in [0.2, 0.25) is 16.0 Å². The molecule has 0 aliphatic rings. The number of nitrogens with two attached hydrogens (primary N) is 1. The summed E-state index contributed by atoms with van der Waals surface area (Å²) >= 11 is 1.03. The summed E-state index contributed by atoms with van der Waals surface area (Å²) < 4.78 is 15.3. The Hall–Kier alpha value is -3.29. The van der Waals surface area contributed by atoms with E-state index >= 15 is 0 Å². The van der Waals surface area contributed by atoms with Crippen LogP contribution in [0.1, 0.15) is 17.5 Å². The molecule has 0 unspecified atom stereocenters. The summed E-state index contributed by atoms with van der Waals surface area (Å²) in [7, 11) is 2.84. The van der Waals surface area contributed by atoms with Gasteiger partial charge < -0.3 is 29.6 Å². The molecule has 2 aromatic heterocycles. The van der Waals surface area contributed by atoms with Crippen molar-refractivity contribution in [2.45, 2.75) is 6.92 Å². The summed E-state index contributed by atoms with van der Waals surface area (Å²) in [6.07, 6.45) is 2.94. The minimum absolute atomic E-state index is 0.0860. The van der Waals surface area contributed by atoms with E-state index in [2.05, 4.69) is 20.5 Å². The third-order valence-electron chi connectivity index (χ3n) is 3.84. The maximum absolute atomic E-state index is 12.6. The fourth-order valence-corrected chi connectivity index (χ4v) is 3.15. The first-order valence-electron chi connectivity index (χ1n) is 9.08. The fraction of sp³-hybridized carbons (Fsp3) is 0.389. The average molecular weight is 452 g/mol. The van der Waals surface area contributed by atoms with E-state index < -0.39 is 11.5 Å². The van der Waals surface area contributed by atoms with Crippen molar-refractivity contribution in [1.29, 1.82) is 0 Å². The molecule has 0 aliphatic heterocycles. The number of aliphatic imine (C=N–C) groups is 1. The molecular weight excluding hydrogens is 428 g/mol. The van der Waals surface area contributed by atoms with E-state index in [-0.39, 0.29) is 29.8 Å². The van der Waals surface area contributed by atoms with Gasteiger partial charge in [0.25, 0.3) is 5.91 Å². The van der Waals surface area contributed by atoms with Crippen LogP contribution in [-0.2, 0) is 4.74 Å². The van der Waals surface area contributed by atoms with Gasteiger partial charge in [0.05, 0.1) is 26.0 Å². The minimum atomic E-state index is -0.836. The van der Waals surface area contributed by atoms with Gasteiger partial charge in [-0.15, -0.1) is 10.2 Å². The van der Waals surface area contributed by atoms with Crippen molar-refractivity contribution in [3.63, 3.8) is 0 Å². The first-order valence-corrected chi connectivity index (χ1v) is 9.90. The zero-order valence-electron chi connectivity index (χ0n) is 17.3. The number of aliphatic hydroxyl groups is 1. The molecule has 13 heteroatoms. The Morgan fingerprint density at radius 1 is 1.42 bits per heavy atom. The van der Waals surface area contributed by atoms with Gasteiger partial charge in [0, 0.05) is 32.0 Å². The second kappa shape index (κ2) is 11.8. The number of carbonyl (C=O) groups is 1. The lowest BCUT2D eigenvalue weighted by atomic mass is 10.2. The Bertz CT molecular complexity index is 1000. The molecule has 0 aromatic carbocycles. The molecule has 0 atom stereocenters. The highest BCUT2D eigenvalue weighted by Crippen LogP contribution is 2.27. The topological polar surface area (TPSA) is 165 Å². The molecule has 12 nitrogen and oxygen atoms in total. The number of ether oxygens (including phenoxy) is 2. The second-order valence-electron chi connectivity index (χ2n) is 5.98.